The van der Waals surface area contributed by atoms with Crippen LogP contribution in [0.2, 0.25) is 0 Å². The zero-order valence-electron chi connectivity index (χ0n) is 15.1. The average Bonchev–Trinajstić information content (AvgIpc) is 3.22. The quantitative estimate of drug-likeness (QED) is 0.683. The smallest absolute Gasteiger partial charge is 0.259 e. The van der Waals surface area contributed by atoms with Crippen molar-refractivity contribution in [3.05, 3.63) is 50.9 Å². The molecule has 27 heavy (non-hydrogen) atoms. The predicted octanol–water partition coefficient (Wildman–Crippen LogP) is 3.44. The van der Waals surface area contributed by atoms with Crippen LogP contribution in [0, 0.1) is 0 Å². The Hall–Kier alpha value is -2.67. The summed E-state index contributed by atoms with van der Waals surface area (Å²) in [5, 5.41) is 3.60. The van der Waals surface area contributed by atoms with Crippen LogP contribution in [-0.4, -0.2) is 22.5 Å². The van der Waals surface area contributed by atoms with Gasteiger partial charge in [-0.2, -0.15) is 0 Å². The summed E-state index contributed by atoms with van der Waals surface area (Å²) < 4.78 is 5.39. The SMILES string of the molecule is CCOc1ccc(NC(=O)CCc2nc3sc4c(c3c(=O)[nH]2)CCC4)cc1. The minimum absolute atomic E-state index is 0.0821. The van der Waals surface area contributed by atoms with Crippen LogP contribution >= 0.6 is 11.3 Å². The molecule has 0 fully saturated rings. The number of benzene rings is 1. The van der Waals surface area contributed by atoms with Crippen LogP contribution in [0.5, 0.6) is 5.75 Å². The van der Waals surface area contributed by atoms with Gasteiger partial charge in [-0.1, -0.05) is 0 Å². The monoisotopic (exact) mass is 383 g/mol. The van der Waals surface area contributed by atoms with Crippen LogP contribution in [0.4, 0.5) is 5.69 Å². The van der Waals surface area contributed by atoms with Gasteiger partial charge in [0.25, 0.3) is 5.56 Å². The van der Waals surface area contributed by atoms with Crippen LogP contribution in [0.3, 0.4) is 0 Å². The zero-order chi connectivity index (χ0) is 18.8. The van der Waals surface area contributed by atoms with Crippen LogP contribution in [0.1, 0.15) is 36.0 Å². The highest BCUT2D eigenvalue weighted by molar-refractivity contribution is 7.18. The van der Waals surface area contributed by atoms with E-state index in [-0.39, 0.29) is 17.9 Å². The number of aromatic amines is 1. The minimum atomic E-state index is -0.115. The Bertz CT molecular complexity index is 1040. The van der Waals surface area contributed by atoms with E-state index < -0.39 is 0 Å². The van der Waals surface area contributed by atoms with Crippen molar-refractivity contribution >= 4 is 33.1 Å². The van der Waals surface area contributed by atoms with E-state index in [0.29, 0.717) is 18.9 Å². The van der Waals surface area contributed by atoms with E-state index in [9.17, 15) is 9.59 Å². The van der Waals surface area contributed by atoms with Gasteiger partial charge in [-0.05, 0) is 56.0 Å². The van der Waals surface area contributed by atoms with Gasteiger partial charge in [0.2, 0.25) is 5.91 Å². The van der Waals surface area contributed by atoms with Gasteiger partial charge in [-0.15, -0.1) is 11.3 Å². The molecule has 0 unspecified atom stereocenters. The standard InChI is InChI=1S/C20H21N3O3S/c1-2-26-13-8-6-12(7-9-13)21-17(24)11-10-16-22-19(25)18-14-4-3-5-15(14)27-20(18)23-16/h6-9H,2-5,10-11H2,1H3,(H,21,24)(H,22,23,25). The van der Waals surface area contributed by atoms with Crippen LogP contribution in [0.25, 0.3) is 10.2 Å². The van der Waals surface area contributed by atoms with Crippen LogP contribution in [0.15, 0.2) is 29.1 Å². The number of carbonyl (C=O) groups is 1. The number of aromatic nitrogens is 2. The highest BCUT2D eigenvalue weighted by atomic mass is 32.1. The molecule has 140 valence electrons. The van der Waals surface area contributed by atoms with Gasteiger partial charge >= 0.3 is 0 Å². The molecule has 0 bridgehead atoms. The van der Waals surface area contributed by atoms with Gasteiger partial charge in [0.05, 0.1) is 12.0 Å². The van der Waals surface area contributed by atoms with E-state index in [1.165, 1.54) is 10.4 Å². The first-order valence-corrected chi connectivity index (χ1v) is 10.0. The van der Waals surface area contributed by atoms with Crippen molar-refractivity contribution in [1.82, 2.24) is 9.97 Å². The number of carbonyl (C=O) groups excluding carboxylic acids is 1. The van der Waals surface area contributed by atoms with E-state index in [1.54, 1.807) is 11.3 Å². The van der Waals surface area contributed by atoms with E-state index in [0.717, 1.165) is 40.9 Å². The number of nitrogens with zero attached hydrogens (tertiary/aromatic N) is 1. The zero-order valence-corrected chi connectivity index (χ0v) is 15.9. The summed E-state index contributed by atoms with van der Waals surface area (Å²) in [6.07, 6.45) is 3.77. The Labute approximate surface area is 160 Å². The molecule has 2 heterocycles. The topological polar surface area (TPSA) is 84.1 Å². The fraction of sp³-hybridized carbons (Fsp3) is 0.350. The summed E-state index contributed by atoms with van der Waals surface area (Å²) in [5.74, 6) is 1.22. The third-order valence-corrected chi connectivity index (χ3v) is 5.85. The lowest BCUT2D eigenvalue weighted by molar-refractivity contribution is -0.116. The van der Waals surface area contributed by atoms with Crippen LogP contribution < -0.4 is 15.6 Å². The number of hydrogen-bond donors (Lipinski definition) is 2. The number of thiophene rings is 1. The van der Waals surface area contributed by atoms with Gasteiger partial charge in [-0.25, -0.2) is 4.98 Å². The number of amides is 1. The maximum Gasteiger partial charge on any atom is 0.259 e. The Kier molecular flexibility index (Phi) is 4.94. The molecule has 7 heteroatoms. The van der Waals surface area contributed by atoms with E-state index in [1.807, 2.05) is 31.2 Å². The van der Waals surface area contributed by atoms with Crippen molar-refractivity contribution in [2.45, 2.75) is 39.0 Å². The number of nitrogens with one attached hydrogen (secondary N) is 2. The van der Waals surface area contributed by atoms with Gasteiger partial charge in [-0.3, -0.25) is 9.59 Å². The molecule has 1 aliphatic rings. The first kappa shape index (κ1) is 17.7. The van der Waals surface area contributed by atoms with Gasteiger partial charge in [0.1, 0.15) is 16.4 Å². The highest BCUT2D eigenvalue weighted by Crippen LogP contribution is 2.34. The number of rotatable bonds is 6. The first-order valence-electron chi connectivity index (χ1n) is 9.20. The summed E-state index contributed by atoms with van der Waals surface area (Å²) >= 11 is 1.61. The molecule has 1 aromatic carbocycles. The number of H-pyrrole nitrogens is 1. The molecule has 3 aromatic rings. The second-order valence-corrected chi connectivity index (χ2v) is 7.64. The van der Waals surface area contributed by atoms with E-state index in [4.69, 9.17) is 4.74 Å². The van der Waals surface area contributed by atoms with Crippen molar-refractivity contribution in [3.8, 4) is 5.75 Å². The molecular weight excluding hydrogens is 362 g/mol. The normalized spacial score (nSPS) is 12.9. The van der Waals surface area contributed by atoms with E-state index >= 15 is 0 Å². The molecular formula is C20H21N3O3S. The lowest BCUT2D eigenvalue weighted by Gasteiger charge is -2.07. The van der Waals surface area contributed by atoms with Crippen LogP contribution in [-0.2, 0) is 24.1 Å². The van der Waals surface area contributed by atoms with Gasteiger partial charge in [0.15, 0.2) is 0 Å². The molecule has 0 spiro atoms. The van der Waals surface area contributed by atoms with E-state index in [2.05, 4.69) is 15.3 Å². The Morgan fingerprint density at radius 2 is 2.11 bits per heavy atom. The maximum atomic E-state index is 12.4. The molecule has 1 aliphatic carbocycles. The molecule has 0 saturated carbocycles. The largest absolute Gasteiger partial charge is 0.494 e. The third kappa shape index (κ3) is 3.73. The number of anilines is 1. The second-order valence-electron chi connectivity index (χ2n) is 6.56. The number of fused-ring (bicyclic) bond motifs is 3. The summed E-state index contributed by atoms with van der Waals surface area (Å²) in [6.45, 7) is 2.53. The number of aryl methyl sites for hydroxylation is 3. The number of ether oxygens (including phenoxy) is 1. The summed E-state index contributed by atoms with van der Waals surface area (Å²) in [6, 6.07) is 7.26. The fourth-order valence-corrected chi connectivity index (χ4v) is 4.70. The molecule has 4 rings (SSSR count). The summed E-state index contributed by atoms with van der Waals surface area (Å²) in [7, 11) is 0. The Morgan fingerprint density at radius 3 is 2.89 bits per heavy atom. The lowest BCUT2D eigenvalue weighted by Crippen LogP contribution is -2.16. The van der Waals surface area contributed by atoms with Crippen molar-refractivity contribution in [2.24, 2.45) is 0 Å². The minimum Gasteiger partial charge on any atom is -0.494 e. The second kappa shape index (κ2) is 7.52. The van der Waals surface area contributed by atoms with Crippen molar-refractivity contribution in [1.29, 1.82) is 0 Å². The fourth-order valence-electron chi connectivity index (χ4n) is 3.42. The van der Waals surface area contributed by atoms with Crippen molar-refractivity contribution in [2.75, 3.05) is 11.9 Å². The maximum absolute atomic E-state index is 12.4. The van der Waals surface area contributed by atoms with Gasteiger partial charge < -0.3 is 15.0 Å². The summed E-state index contributed by atoms with van der Waals surface area (Å²) in [5.41, 5.74) is 1.81. The molecule has 2 aromatic heterocycles. The predicted molar refractivity (Wildman–Crippen MR) is 107 cm³/mol. The lowest BCUT2D eigenvalue weighted by atomic mass is 10.2. The third-order valence-electron chi connectivity index (χ3n) is 4.66. The van der Waals surface area contributed by atoms with Crippen molar-refractivity contribution < 1.29 is 9.53 Å². The molecule has 1 amide bonds. The molecule has 0 aliphatic heterocycles. The number of hydrogen-bond acceptors (Lipinski definition) is 5. The summed E-state index contributed by atoms with van der Waals surface area (Å²) in [4.78, 5) is 34.1. The molecule has 0 radical (unpaired) electrons. The van der Waals surface area contributed by atoms with Crippen molar-refractivity contribution in [3.63, 3.8) is 0 Å². The van der Waals surface area contributed by atoms with Gasteiger partial charge in [0, 0.05) is 23.4 Å². The molecule has 0 saturated heterocycles. The first-order chi connectivity index (χ1) is 13.1. The Balaban J connectivity index is 1.41. The molecule has 6 nitrogen and oxygen atoms in total. The average molecular weight is 383 g/mol. The Morgan fingerprint density at radius 1 is 1.30 bits per heavy atom. The molecule has 2 N–H and O–H groups in total. The molecule has 0 atom stereocenters. The highest BCUT2D eigenvalue weighted by Gasteiger charge is 2.21.